The summed E-state index contributed by atoms with van der Waals surface area (Å²) in [4.78, 5) is 0. The van der Waals surface area contributed by atoms with E-state index in [2.05, 4.69) is 24.0 Å². The molecule has 96 valence electrons. The predicted octanol–water partition coefficient (Wildman–Crippen LogP) is 3.37. The summed E-state index contributed by atoms with van der Waals surface area (Å²) in [5.74, 6) is 2.15. The first-order valence-corrected chi connectivity index (χ1v) is 6.84. The van der Waals surface area contributed by atoms with Gasteiger partial charge in [-0.15, -0.1) is 10.2 Å². The Morgan fingerprint density at radius 1 is 1.22 bits per heavy atom. The van der Waals surface area contributed by atoms with Gasteiger partial charge >= 0.3 is 0 Å². The molecule has 0 saturated carbocycles. The third kappa shape index (κ3) is 2.90. The zero-order chi connectivity index (χ0) is 13.1. The molecule has 0 bridgehead atoms. The van der Waals surface area contributed by atoms with E-state index in [4.69, 9.17) is 0 Å². The highest BCUT2D eigenvalue weighted by molar-refractivity contribution is 7.99. The van der Waals surface area contributed by atoms with Gasteiger partial charge in [-0.25, -0.2) is 4.39 Å². The Morgan fingerprint density at radius 3 is 2.50 bits per heavy atom. The average molecular weight is 265 g/mol. The van der Waals surface area contributed by atoms with Gasteiger partial charge in [-0.1, -0.05) is 25.6 Å². The molecule has 1 heterocycles. The highest BCUT2D eigenvalue weighted by Crippen LogP contribution is 2.23. The fourth-order valence-electron chi connectivity index (χ4n) is 1.53. The van der Waals surface area contributed by atoms with E-state index in [0.717, 1.165) is 22.3 Å². The van der Waals surface area contributed by atoms with E-state index in [1.165, 1.54) is 12.1 Å². The Labute approximate surface area is 110 Å². The molecule has 0 unspecified atom stereocenters. The summed E-state index contributed by atoms with van der Waals surface area (Å²) >= 11 is 1.69. The predicted molar refractivity (Wildman–Crippen MR) is 72.0 cm³/mol. The average Bonchev–Trinajstić information content (AvgIpc) is 2.69. The number of hydrogen-bond donors (Lipinski definition) is 0. The molecule has 2 aromatic rings. The van der Waals surface area contributed by atoms with Crippen molar-refractivity contribution in [2.75, 3.05) is 5.75 Å². The van der Waals surface area contributed by atoms with Crippen molar-refractivity contribution in [3.05, 3.63) is 30.1 Å². The number of benzene rings is 1. The molecule has 0 radical (unpaired) electrons. The summed E-state index contributed by atoms with van der Waals surface area (Å²) in [5.41, 5.74) is 0.878. The smallest absolute Gasteiger partial charge is 0.191 e. The first-order valence-electron chi connectivity index (χ1n) is 5.86. The quantitative estimate of drug-likeness (QED) is 0.794. The lowest BCUT2D eigenvalue weighted by Gasteiger charge is -2.05. The second-order valence-electron chi connectivity index (χ2n) is 4.58. The van der Waals surface area contributed by atoms with Gasteiger partial charge in [0, 0.05) is 18.4 Å². The van der Waals surface area contributed by atoms with Crippen molar-refractivity contribution in [2.24, 2.45) is 13.0 Å². The molecule has 3 nitrogen and oxygen atoms in total. The first-order chi connectivity index (χ1) is 8.58. The number of rotatable bonds is 4. The van der Waals surface area contributed by atoms with Crippen LogP contribution in [-0.2, 0) is 7.05 Å². The van der Waals surface area contributed by atoms with Crippen molar-refractivity contribution >= 4 is 11.8 Å². The number of nitrogens with zero attached hydrogens (tertiary/aromatic N) is 3. The van der Waals surface area contributed by atoms with Crippen molar-refractivity contribution in [1.82, 2.24) is 14.8 Å². The Morgan fingerprint density at radius 2 is 1.89 bits per heavy atom. The molecule has 0 amide bonds. The largest absolute Gasteiger partial charge is 0.305 e. The zero-order valence-electron chi connectivity index (χ0n) is 10.7. The fraction of sp³-hybridized carbons (Fsp3) is 0.385. The van der Waals surface area contributed by atoms with Gasteiger partial charge in [0.2, 0.25) is 0 Å². The molecule has 2 rings (SSSR count). The van der Waals surface area contributed by atoms with Crippen LogP contribution in [0, 0.1) is 11.7 Å². The van der Waals surface area contributed by atoms with Gasteiger partial charge in [-0.3, -0.25) is 0 Å². The van der Waals surface area contributed by atoms with Gasteiger partial charge in [0.25, 0.3) is 0 Å². The minimum absolute atomic E-state index is 0.240. The van der Waals surface area contributed by atoms with Crippen LogP contribution in [0.25, 0.3) is 11.4 Å². The molecule has 5 heteroatoms. The molecule has 0 fully saturated rings. The van der Waals surface area contributed by atoms with Crippen LogP contribution in [0.15, 0.2) is 29.4 Å². The molecule has 0 N–H and O–H groups in total. The Bertz CT molecular complexity index is 520. The van der Waals surface area contributed by atoms with Crippen LogP contribution in [0.2, 0.25) is 0 Å². The molecular formula is C13H16FN3S. The topological polar surface area (TPSA) is 30.7 Å². The molecule has 1 aromatic heterocycles. The number of hydrogen-bond acceptors (Lipinski definition) is 3. The minimum atomic E-state index is -0.240. The second kappa shape index (κ2) is 5.52. The number of halogens is 1. The van der Waals surface area contributed by atoms with E-state index in [1.54, 1.807) is 23.9 Å². The minimum Gasteiger partial charge on any atom is -0.305 e. The summed E-state index contributed by atoms with van der Waals surface area (Å²) in [7, 11) is 1.93. The summed E-state index contributed by atoms with van der Waals surface area (Å²) in [6.45, 7) is 4.34. The van der Waals surface area contributed by atoms with E-state index in [9.17, 15) is 4.39 Å². The fourth-order valence-corrected chi connectivity index (χ4v) is 2.39. The van der Waals surface area contributed by atoms with Gasteiger partial charge in [0.1, 0.15) is 5.82 Å². The molecule has 0 spiro atoms. The van der Waals surface area contributed by atoms with Crippen molar-refractivity contribution in [3.63, 3.8) is 0 Å². The normalized spacial score (nSPS) is 11.2. The number of aromatic nitrogens is 3. The molecule has 1 aromatic carbocycles. The van der Waals surface area contributed by atoms with E-state index in [0.29, 0.717) is 5.92 Å². The lowest BCUT2D eigenvalue weighted by atomic mass is 10.2. The second-order valence-corrected chi connectivity index (χ2v) is 5.56. The molecule has 0 aliphatic heterocycles. The van der Waals surface area contributed by atoms with Crippen LogP contribution in [0.3, 0.4) is 0 Å². The first kappa shape index (κ1) is 13.1. The van der Waals surface area contributed by atoms with Gasteiger partial charge < -0.3 is 4.57 Å². The van der Waals surface area contributed by atoms with E-state index in [-0.39, 0.29) is 5.82 Å². The van der Waals surface area contributed by atoms with Crippen molar-refractivity contribution in [1.29, 1.82) is 0 Å². The Kier molecular flexibility index (Phi) is 4.01. The highest BCUT2D eigenvalue weighted by Gasteiger charge is 2.11. The van der Waals surface area contributed by atoms with Crippen LogP contribution in [0.4, 0.5) is 4.39 Å². The third-order valence-corrected chi connectivity index (χ3v) is 3.93. The van der Waals surface area contributed by atoms with E-state index in [1.807, 2.05) is 11.6 Å². The van der Waals surface area contributed by atoms with Crippen LogP contribution >= 0.6 is 11.8 Å². The summed E-state index contributed by atoms with van der Waals surface area (Å²) in [6.07, 6.45) is 0. The lowest BCUT2D eigenvalue weighted by Crippen LogP contribution is -1.97. The highest BCUT2D eigenvalue weighted by atomic mass is 32.2. The van der Waals surface area contributed by atoms with Gasteiger partial charge in [-0.2, -0.15) is 0 Å². The van der Waals surface area contributed by atoms with Crippen LogP contribution in [-0.4, -0.2) is 20.5 Å². The maximum Gasteiger partial charge on any atom is 0.191 e. The maximum absolute atomic E-state index is 12.9. The summed E-state index contributed by atoms with van der Waals surface area (Å²) < 4.78 is 14.8. The molecule has 0 atom stereocenters. The van der Waals surface area contributed by atoms with Crippen molar-refractivity contribution < 1.29 is 4.39 Å². The molecule has 0 aliphatic carbocycles. The summed E-state index contributed by atoms with van der Waals surface area (Å²) in [6, 6.07) is 6.31. The van der Waals surface area contributed by atoms with Crippen LogP contribution in [0.5, 0.6) is 0 Å². The van der Waals surface area contributed by atoms with Gasteiger partial charge in [0.05, 0.1) is 0 Å². The van der Waals surface area contributed by atoms with Crippen molar-refractivity contribution in [3.8, 4) is 11.4 Å². The Balaban J connectivity index is 2.22. The van der Waals surface area contributed by atoms with Crippen LogP contribution in [0.1, 0.15) is 13.8 Å². The standard InChI is InChI=1S/C13H16FN3S/c1-9(2)8-18-13-16-15-12(17(13)3)10-4-6-11(14)7-5-10/h4-7,9H,8H2,1-3H3. The zero-order valence-corrected chi connectivity index (χ0v) is 11.5. The van der Waals surface area contributed by atoms with Crippen molar-refractivity contribution in [2.45, 2.75) is 19.0 Å². The van der Waals surface area contributed by atoms with Crippen LogP contribution < -0.4 is 0 Å². The molecular weight excluding hydrogens is 249 g/mol. The third-order valence-electron chi connectivity index (χ3n) is 2.48. The Hall–Kier alpha value is -1.36. The monoisotopic (exact) mass is 265 g/mol. The van der Waals surface area contributed by atoms with E-state index >= 15 is 0 Å². The molecule has 0 aliphatic rings. The van der Waals surface area contributed by atoms with Gasteiger partial charge in [-0.05, 0) is 30.2 Å². The molecule has 18 heavy (non-hydrogen) atoms. The van der Waals surface area contributed by atoms with E-state index < -0.39 is 0 Å². The van der Waals surface area contributed by atoms with Gasteiger partial charge in [0.15, 0.2) is 11.0 Å². The number of thioether (sulfide) groups is 1. The molecule has 0 saturated heterocycles. The summed E-state index contributed by atoms with van der Waals surface area (Å²) in [5, 5.41) is 9.22. The maximum atomic E-state index is 12.9. The lowest BCUT2D eigenvalue weighted by molar-refractivity contribution is 0.628. The SMILES string of the molecule is CC(C)CSc1nnc(-c2ccc(F)cc2)n1C.